The van der Waals surface area contributed by atoms with Crippen LogP contribution >= 0.6 is 0 Å². The molecule has 0 unspecified atom stereocenters. The van der Waals surface area contributed by atoms with E-state index in [0.717, 1.165) is 11.8 Å². The maximum absolute atomic E-state index is 14.1. The van der Waals surface area contributed by atoms with Crippen LogP contribution in [-0.2, 0) is 80.0 Å². The minimum atomic E-state index is -1.89. The molecule has 1 heterocycles. The Balaban J connectivity index is 1.69. The molecular weight excluding hydrogens is 1240 g/mol. The molecule has 36 heteroatoms. The highest BCUT2D eigenvalue weighted by atomic mass is 16.3. The number of aromatic hydroxyl groups is 2. The first-order valence-corrected chi connectivity index (χ1v) is 29.9. The number of nitrogens with one attached hydrogen (secondary N) is 11. The molecule has 0 saturated carbocycles. The lowest BCUT2D eigenvalue weighted by Crippen LogP contribution is -2.61. The van der Waals surface area contributed by atoms with E-state index in [0.29, 0.717) is 11.1 Å². The molecule has 3 rings (SSSR count). The molecule has 11 atom stereocenters. The van der Waals surface area contributed by atoms with Gasteiger partial charge in [0.25, 0.3) is 0 Å². The monoisotopic (exact) mass is 1330 g/mol. The number of nitrogens with two attached hydrogens (primary N) is 4. The summed E-state index contributed by atoms with van der Waals surface area (Å²) in [5.41, 5.74) is 22.5. The van der Waals surface area contributed by atoms with Gasteiger partial charge < -0.3 is 112 Å². The van der Waals surface area contributed by atoms with Gasteiger partial charge in [0.05, 0.1) is 32.8 Å². The number of carbonyl (C=O) groups is 14. The molecule has 94 heavy (non-hydrogen) atoms. The quantitative estimate of drug-likeness (QED) is 0.0169. The average molecular weight is 1330 g/mol. The summed E-state index contributed by atoms with van der Waals surface area (Å²) in [6.07, 6.45) is -0.830. The summed E-state index contributed by atoms with van der Waals surface area (Å²) in [6, 6.07) is -5.43. The topological polar surface area (TPSA) is 592 Å². The molecule has 0 spiro atoms. The summed E-state index contributed by atoms with van der Waals surface area (Å²) in [6.45, 7) is 3.30. The zero-order valence-electron chi connectivity index (χ0n) is 52.6. The average Bonchev–Trinajstić information content (AvgIpc) is 1.67. The number of aliphatic hydroxyl groups is 3. The van der Waals surface area contributed by atoms with Gasteiger partial charge in [-0.2, -0.15) is 0 Å². The number of nitrogens with zero attached hydrogens (tertiary/aromatic N) is 2. The normalized spacial score (nSPS) is 15.8. The molecule has 2 aromatic carbocycles. The van der Waals surface area contributed by atoms with Crippen LogP contribution < -0.4 is 81.4 Å². The number of benzene rings is 2. The van der Waals surface area contributed by atoms with Crippen molar-refractivity contribution in [3.63, 3.8) is 0 Å². The Bertz CT molecular complexity index is 3040. The SMILES string of the molecule is CC(=O)N[C@@H](CC(C)C)C(=O)N[C@@H](Cc1ccc(O)cc1)C(=O)N[C@@H](CCCN=C(N)N)C(=O)N[C@@H](C)C(=O)N[C@@H](CC(N)=O)C(=O)N[C@@H](CO)C(=O)N[C@@H](C)C(=O)N[C@@H](CO)C(=O)N1CCC[C@H]1C(=O)NCC(=O)N[C@@H](Cc1ccc(O)cc1)C(=O)N[C@@H](CO)C(N)=O. The van der Waals surface area contributed by atoms with Crippen molar-refractivity contribution in [3.05, 3.63) is 59.7 Å². The third-order valence-electron chi connectivity index (χ3n) is 14.3. The number of phenols is 2. The van der Waals surface area contributed by atoms with Gasteiger partial charge in [0.2, 0.25) is 82.7 Å². The van der Waals surface area contributed by atoms with Gasteiger partial charge in [-0.1, -0.05) is 38.1 Å². The Morgan fingerprint density at radius 3 is 1.45 bits per heavy atom. The van der Waals surface area contributed by atoms with Crippen LogP contribution in [0.15, 0.2) is 53.5 Å². The Morgan fingerprint density at radius 2 is 0.968 bits per heavy atom. The molecule has 1 saturated heterocycles. The number of guanidine groups is 1. The van der Waals surface area contributed by atoms with Gasteiger partial charge in [-0.05, 0) is 87.3 Å². The van der Waals surface area contributed by atoms with E-state index in [1.165, 1.54) is 62.4 Å². The standard InChI is InChI=1S/C58H87N17O19/c1-28(2)20-37(67-31(5)79)51(88)71-39(22-33-12-16-35(81)17-13-33)53(90)69-36(8-6-18-63-58(61)62)50(87)65-29(3)48(85)70-40(23-45(59)82)54(91)73-42(26-77)55(92)66-30(4)49(86)74-43(27-78)57(94)75-19-7-9-44(75)56(93)64-24-46(83)68-38(21-32-10-14-34(80)15-11-32)52(89)72-41(25-76)47(60)84/h10-17,28-30,36-44,76-78,80-81H,6-9,18-27H2,1-5H3,(H2,59,82)(H2,60,84)(H,64,93)(H,65,87)(H,66,92)(H,67,79)(H,68,83)(H,69,90)(H,70,85)(H,71,88)(H,72,89)(H,73,91)(H,74,86)(H4,61,62,63)/t29-,30-,36-,37-,38-,39-,40-,41-,42-,43-,44-/m0/s1. The second-order valence-electron chi connectivity index (χ2n) is 22.5. The molecule has 518 valence electrons. The van der Waals surface area contributed by atoms with Gasteiger partial charge in [-0.25, -0.2) is 0 Å². The van der Waals surface area contributed by atoms with E-state index in [1.807, 2.05) is 13.8 Å². The first-order chi connectivity index (χ1) is 44.3. The van der Waals surface area contributed by atoms with E-state index in [-0.39, 0.29) is 81.4 Å². The number of rotatable bonds is 38. The van der Waals surface area contributed by atoms with Gasteiger partial charge >= 0.3 is 0 Å². The number of hydrogen-bond donors (Lipinski definition) is 20. The maximum atomic E-state index is 14.1. The van der Waals surface area contributed by atoms with Crippen molar-refractivity contribution in [2.24, 2.45) is 33.8 Å². The molecule has 1 fully saturated rings. The van der Waals surface area contributed by atoms with Crippen molar-refractivity contribution in [2.45, 2.75) is 152 Å². The summed E-state index contributed by atoms with van der Waals surface area (Å²) < 4.78 is 0. The highest BCUT2D eigenvalue weighted by Gasteiger charge is 2.39. The number of aliphatic imine (C=N–C) groups is 1. The lowest BCUT2D eigenvalue weighted by Gasteiger charge is -2.29. The summed E-state index contributed by atoms with van der Waals surface area (Å²) in [5.74, 6) is -14.2. The van der Waals surface area contributed by atoms with Crippen LogP contribution in [-0.4, -0.2) is 225 Å². The Kier molecular flexibility index (Phi) is 32.0. The molecular formula is C58H87N17O19. The fraction of sp³-hybridized carbons (Fsp3) is 0.534. The molecule has 2 aromatic rings. The molecule has 0 aliphatic carbocycles. The number of carbonyl (C=O) groups excluding carboxylic acids is 14. The van der Waals surface area contributed by atoms with Crippen LogP contribution in [0.25, 0.3) is 0 Å². The second-order valence-corrected chi connectivity index (χ2v) is 22.5. The molecule has 14 amide bonds. The first-order valence-electron chi connectivity index (χ1n) is 29.9. The van der Waals surface area contributed by atoms with Crippen LogP contribution in [0.3, 0.4) is 0 Å². The van der Waals surface area contributed by atoms with Gasteiger partial charge in [0, 0.05) is 32.9 Å². The molecule has 1 aliphatic rings. The fourth-order valence-corrected chi connectivity index (χ4v) is 9.35. The van der Waals surface area contributed by atoms with E-state index in [4.69, 9.17) is 22.9 Å². The number of phenolic OH excluding ortho intramolecular Hbond substituents is 2. The summed E-state index contributed by atoms with van der Waals surface area (Å²) in [4.78, 5) is 190. The lowest BCUT2D eigenvalue weighted by molar-refractivity contribution is -0.143. The fourth-order valence-electron chi connectivity index (χ4n) is 9.35. The van der Waals surface area contributed by atoms with Gasteiger partial charge in [0.15, 0.2) is 5.96 Å². The number of amides is 14. The summed E-state index contributed by atoms with van der Waals surface area (Å²) in [5, 5.41) is 75.5. The predicted molar refractivity (Wildman–Crippen MR) is 331 cm³/mol. The molecule has 24 N–H and O–H groups in total. The van der Waals surface area contributed by atoms with Crippen molar-refractivity contribution in [3.8, 4) is 11.5 Å². The van der Waals surface area contributed by atoms with Crippen molar-refractivity contribution >= 4 is 88.7 Å². The molecule has 0 bridgehead atoms. The van der Waals surface area contributed by atoms with E-state index >= 15 is 0 Å². The molecule has 0 aromatic heterocycles. The Labute approximate surface area is 540 Å². The van der Waals surface area contributed by atoms with E-state index in [9.17, 15) is 92.7 Å². The van der Waals surface area contributed by atoms with Crippen LogP contribution in [0.1, 0.15) is 84.3 Å². The first kappa shape index (κ1) is 78.0. The van der Waals surface area contributed by atoms with Gasteiger partial charge in [0.1, 0.15) is 78.0 Å². The smallest absolute Gasteiger partial charge is 0.248 e. The molecule has 0 radical (unpaired) electrons. The molecule has 36 nitrogen and oxygen atoms in total. The minimum absolute atomic E-state index is 0.0253. The number of primary amides is 2. The highest BCUT2D eigenvalue weighted by Crippen LogP contribution is 2.20. The Hall–Kier alpha value is -10.2. The number of likely N-dealkylation sites (tertiary alicyclic amines) is 1. The zero-order chi connectivity index (χ0) is 70.5. The zero-order valence-corrected chi connectivity index (χ0v) is 52.6. The second kappa shape index (κ2) is 38.6. The van der Waals surface area contributed by atoms with Crippen LogP contribution in [0.2, 0.25) is 0 Å². The number of hydrogen-bond acceptors (Lipinski definition) is 20. The van der Waals surface area contributed by atoms with Gasteiger partial charge in [-0.15, -0.1) is 0 Å². The Morgan fingerprint density at radius 1 is 0.532 bits per heavy atom. The molecule has 1 aliphatic heterocycles. The van der Waals surface area contributed by atoms with E-state index < -0.39 is 182 Å². The van der Waals surface area contributed by atoms with Crippen molar-refractivity contribution in [1.29, 1.82) is 0 Å². The predicted octanol–water partition coefficient (Wildman–Crippen LogP) is -8.66. The van der Waals surface area contributed by atoms with Crippen molar-refractivity contribution in [2.75, 3.05) is 39.5 Å². The third kappa shape index (κ3) is 26.5. The van der Waals surface area contributed by atoms with Crippen molar-refractivity contribution in [1.82, 2.24) is 63.4 Å². The van der Waals surface area contributed by atoms with E-state index in [1.54, 1.807) is 0 Å². The van der Waals surface area contributed by atoms with Crippen LogP contribution in [0.4, 0.5) is 0 Å². The van der Waals surface area contributed by atoms with Crippen LogP contribution in [0, 0.1) is 5.92 Å². The van der Waals surface area contributed by atoms with Crippen molar-refractivity contribution < 1.29 is 92.7 Å². The third-order valence-corrected chi connectivity index (χ3v) is 14.3. The number of aliphatic hydroxyl groups excluding tert-OH is 3. The minimum Gasteiger partial charge on any atom is -0.508 e. The lowest BCUT2D eigenvalue weighted by atomic mass is 10.0. The largest absolute Gasteiger partial charge is 0.508 e. The summed E-state index contributed by atoms with van der Waals surface area (Å²) in [7, 11) is 0. The van der Waals surface area contributed by atoms with Crippen LogP contribution in [0.5, 0.6) is 11.5 Å². The highest BCUT2D eigenvalue weighted by molar-refractivity contribution is 6.00. The van der Waals surface area contributed by atoms with Gasteiger partial charge in [-0.3, -0.25) is 72.1 Å². The summed E-state index contributed by atoms with van der Waals surface area (Å²) >= 11 is 0. The van der Waals surface area contributed by atoms with E-state index in [2.05, 4.69) is 63.5 Å². The maximum Gasteiger partial charge on any atom is 0.248 e.